The number of carbonyl (C=O) groups excluding carboxylic acids is 1. The van der Waals surface area contributed by atoms with Crippen LogP contribution in [-0.2, 0) is 6.54 Å². The number of nitrogens with zero attached hydrogens (tertiary/aromatic N) is 2. The zero-order chi connectivity index (χ0) is 16.9. The summed E-state index contributed by atoms with van der Waals surface area (Å²) in [5.74, 6) is -0.551. The lowest BCUT2D eigenvalue weighted by Gasteiger charge is -2.23. The van der Waals surface area contributed by atoms with Gasteiger partial charge < -0.3 is 4.90 Å². The molecule has 0 unspecified atom stereocenters. The van der Waals surface area contributed by atoms with Crippen LogP contribution in [0.2, 0.25) is 0 Å². The second kappa shape index (κ2) is 7.04. The van der Waals surface area contributed by atoms with Crippen molar-refractivity contribution in [2.24, 2.45) is 0 Å². The Hall–Kier alpha value is -3.01. The first kappa shape index (κ1) is 15.9. The zero-order valence-corrected chi connectivity index (χ0v) is 13.3. The number of aryl methyl sites for hydroxylation is 1. The Balaban J connectivity index is 1.97. The number of amides is 1. The number of anilines is 1. The molecule has 24 heavy (non-hydrogen) atoms. The Morgan fingerprint density at radius 2 is 1.88 bits per heavy atom. The highest BCUT2D eigenvalue weighted by Gasteiger charge is 2.18. The molecule has 3 nitrogen and oxygen atoms in total. The van der Waals surface area contributed by atoms with Gasteiger partial charge in [0.05, 0.1) is 6.54 Å². The molecule has 2 aromatic carbocycles. The largest absolute Gasteiger partial charge is 0.304 e. The van der Waals surface area contributed by atoms with Crippen LogP contribution in [0, 0.1) is 12.7 Å². The lowest BCUT2D eigenvalue weighted by atomic mass is 10.1. The summed E-state index contributed by atoms with van der Waals surface area (Å²) >= 11 is 0. The first-order valence-electron chi connectivity index (χ1n) is 7.66. The highest BCUT2D eigenvalue weighted by Crippen LogP contribution is 2.21. The quantitative estimate of drug-likeness (QED) is 0.715. The normalized spacial score (nSPS) is 10.4. The van der Waals surface area contributed by atoms with E-state index in [9.17, 15) is 9.18 Å². The molecule has 3 aromatic rings. The van der Waals surface area contributed by atoms with E-state index in [1.165, 1.54) is 12.1 Å². The van der Waals surface area contributed by atoms with Gasteiger partial charge in [0.2, 0.25) is 0 Å². The molecule has 0 saturated carbocycles. The number of rotatable bonds is 4. The third-order valence-electron chi connectivity index (χ3n) is 3.73. The van der Waals surface area contributed by atoms with E-state index >= 15 is 0 Å². The van der Waals surface area contributed by atoms with Crippen molar-refractivity contribution in [2.45, 2.75) is 13.5 Å². The molecule has 0 atom stereocenters. The first-order chi connectivity index (χ1) is 11.6. The van der Waals surface area contributed by atoms with Crippen molar-refractivity contribution in [2.75, 3.05) is 4.90 Å². The average molecular weight is 320 g/mol. The lowest BCUT2D eigenvalue weighted by molar-refractivity contribution is 0.0985. The molecule has 0 fully saturated rings. The van der Waals surface area contributed by atoms with E-state index < -0.39 is 0 Å². The monoisotopic (exact) mass is 320 g/mol. The van der Waals surface area contributed by atoms with Crippen LogP contribution in [-0.4, -0.2) is 10.9 Å². The first-order valence-corrected chi connectivity index (χ1v) is 7.66. The lowest BCUT2D eigenvalue weighted by Crippen LogP contribution is -2.30. The number of hydrogen-bond donors (Lipinski definition) is 0. The molecular weight excluding hydrogens is 303 g/mol. The minimum Gasteiger partial charge on any atom is -0.304 e. The number of aromatic nitrogens is 1. The van der Waals surface area contributed by atoms with Crippen molar-refractivity contribution in [3.05, 3.63) is 95.6 Å². The highest BCUT2D eigenvalue weighted by molar-refractivity contribution is 6.06. The van der Waals surface area contributed by atoms with Crippen molar-refractivity contribution in [1.29, 1.82) is 0 Å². The van der Waals surface area contributed by atoms with E-state index in [2.05, 4.69) is 4.98 Å². The number of pyridine rings is 1. The summed E-state index contributed by atoms with van der Waals surface area (Å²) in [4.78, 5) is 18.6. The zero-order valence-electron chi connectivity index (χ0n) is 13.3. The minimum atomic E-state index is -0.375. The van der Waals surface area contributed by atoms with Crippen molar-refractivity contribution < 1.29 is 9.18 Å². The maximum atomic E-state index is 13.6. The topological polar surface area (TPSA) is 33.2 Å². The molecule has 0 aliphatic heterocycles. The summed E-state index contributed by atoms with van der Waals surface area (Å²) in [6.45, 7) is 2.29. The predicted octanol–water partition coefficient (Wildman–Crippen LogP) is 4.38. The smallest absolute Gasteiger partial charge is 0.258 e. The fourth-order valence-corrected chi connectivity index (χ4v) is 2.45. The number of halogens is 1. The molecule has 4 heteroatoms. The van der Waals surface area contributed by atoms with E-state index in [0.717, 1.165) is 11.1 Å². The van der Waals surface area contributed by atoms with Crippen LogP contribution >= 0.6 is 0 Å². The molecule has 1 heterocycles. The van der Waals surface area contributed by atoms with Gasteiger partial charge in [0.25, 0.3) is 5.91 Å². The molecule has 120 valence electrons. The molecule has 1 amide bonds. The maximum Gasteiger partial charge on any atom is 0.258 e. The van der Waals surface area contributed by atoms with Crippen molar-refractivity contribution >= 4 is 11.6 Å². The van der Waals surface area contributed by atoms with Crippen LogP contribution in [0.15, 0.2) is 73.1 Å². The number of benzene rings is 2. The highest BCUT2D eigenvalue weighted by atomic mass is 19.1. The van der Waals surface area contributed by atoms with Gasteiger partial charge in [-0.2, -0.15) is 0 Å². The summed E-state index contributed by atoms with van der Waals surface area (Å²) in [7, 11) is 0. The van der Waals surface area contributed by atoms with Gasteiger partial charge in [-0.1, -0.05) is 29.8 Å². The SMILES string of the molecule is Cc1ccc(C(=O)N(Cc2cccnc2)c2cccc(F)c2)cc1. The summed E-state index contributed by atoms with van der Waals surface area (Å²) in [5.41, 5.74) is 3.04. The van der Waals surface area contributed by atoms with Gasteiger partial charge in [-0.15, -0.1) is 0 Å². The van der Waals surface area contributed by atoms with Crippen molar-refractivity contribution in [3.8, 4) is 0 Å². The second-order valence-corrected chi connectivity index (χ2v) is 5.60. The molecule has 3 rings (SSSR count). The number of carbonyl (C=O) groups is 1. The molecule has 0 aliphatic carbocycles. The van der Waals surface area contributed by atoms with Gasteiger partial charge in [-0.25, -0.2) is 4.39 Å². The Morgan fingerprint density at radius 1 is 1.08 bits per heavy atom. The molecule has 0 aliphatic rings. The van der Waals surface area contributed by atoms with E-state index in [-0.39, 0.29) is 11.7 Å². The number of hydrogen-bond acceptors (Lipinski definition) is 2. The van der Waals surface area contributed by atoms with Crippen LogP contribution in [0.4, 0.5) is 10.1 Å². The van der Waals surface area contributed by atoms with Crippen molar-refractivity contribution in [1.82, 2.24) is 4.98 Å². The van der Waals surface area contributed by atoms with Crippen LogP contribution < -0.4 is 4.90 Å². The maximum absolute atomic E-state index is 13.6. The molecule has 1 aromatic heterocycles. The molecule has 0 N–H and O–H groups in total. The summed E-state index contributed by atoms with van der Waals surface area (Å²) in [6.07, 6.45) is 3.38. The predicted molar refractivity (Wildman–Crippen MR) is 92.3 cm³/mol. The van der Waals surface area contributed by atoms with Gasteiger partial charge in [0, 0.05) is 23.6 Å². The van der Waals surface area contributed by atoms with E-state index in [4.69, 9.17) is 0 Å². The van der Waals surface area contributed by atoms with Crippen LogP contribution in [0.3, 0.4) is 0 Å². The fraction of sp³-hybridized carbons (Fsp3) is 0.100. The van der Waals surface area contributed by atoms with Crippen LogP contribution in [0.1, 0.15) is 21.5 Å². The fourth-order valence-electron chi connectivity index (χ4n) is 2.45. The Morgan fingerprint density at radius 3 is 2.54 bits per heavy atom. The molecule has 0 bridgehead atoms. The van der Waals surface area contributed by atoms with E-state index in [0.29, 0.717) is 17.8 Å². The Kier molecular flexibility index (Phi) is 4.66. The second-order valence-electron chi connectivity index (χ2n) is 5.60. The van der Waals surface area contributed by atoms with Crippen LogP contribution in [0.5, 0.6) is 0 Å². The Bertz CT molecular complexity index is 832. The van der Waals surface area contributed by atoms with E-state index in [1.54, 1.807) is 41.6 Å². The summed E-state index contributed by atoms with van der Waals surface area (Å²) < 4.78 is 13.6. The van der Waals surface area contributed by atoms with Gasteiger partial charge in [-0.05, 0) is 48.9 Å². The van der Waals surface area contributed by atoms with Gasteiger partial charge in [-0.3, -0.25) is 9.78 Å². The summed E-state index contributed by atoms with van der Waals surface area (Å²) in [6, 6.07) is 17.1. The average Bonchev–Trinajstić information content (AvgIpc) is 2.61. The molecule has 0 spiro atoms. The van der Waals surface area contributed by atoms with Gasteiger partial charge in [0.15, 0.2) is 0 Å². The third kappa shape index (κ3) is 3.66. The Labute approximate surface area is 140 Å². The molecule has 0 saturated heterocycles. The van der Waals surface area contributed by atoms with E-state index in [1.807, 2.05) is 31.2 Å². The van der Waals surface area contributed by atoms with Gasteiger partial charge in [0.1, 0.15) is 5.82 Å². The summed E-state index contributed by atoms with van der Waals surface area (Å²) in [5, 5.41) is 0. The molecular formula is C20H17FN2O. The molecule has 0 radical (unpaired) electrons. The van der Waals surface area contributed by atoms with Crippen LogP contribution in [0.25, 0.3) is 0 Å². The van der Waals surface area contributed by atoms with Crippen molar-refractivity contribution in [3.63, 3.8) is 0 Å². The standard InChI is InChI=1S/C20H17FN2O/c1-15-7-9-17(10-8-15)20(24)23(14-16-4-3-11-22-13-16)19-6-2-5-18(21)12-19/h2-13H,14H2,1H3. The van der Waals surface area contributed by atoms with Gasteiger partial charge >= 0.3 is 0 Å². The third-order valence-corrected chi connectivity index (χ3v) is 3.73. The minimum absolute atomic E-state index is 0.176.